The van der Waals surface area contributed by atoms with E-state index in [-0.39, 0.29) is 36.5 Å². The molecule has 8 atom stereocenters. The van der Waals surface area contributed by atoms with E-state index < -0.39 is 29.9 Å². The molecule has 5 heterocycles. The molecule has 1 spiro atoms. The standard InChI is InChI=1S/C24H37NO7/c1-15-7-8-18-16(2)21(28-20(27)10-9-19(26)25-13-5-4-6-14-25)29-22-24(18)17(15)11-12-23(3,30-22)31-32-24/h15-18,21-22H,4-14H2,1-3H3/t15-,16-,17+,18-,21-,22-,23-,24-/m1/s1. The highest BCUT2D eigenvalue weighted by molar-refractivity contribution is 5.81. The van der Waals surface area contributed by atoms with E-state index in [0.29, 0.717) is 5.92 Å². The molecule has 6 aliphatic rings. The third-order valence-electron chi connectivity index (χ3n) is 8.60. The van der Waals surface area contributed by atoms with Crippen LogP contribution >= 0.6 is 0 Å². The molecule has 0 aromatic heterocycles. The number of carbonyl (C=O) groups excluding carboxylic acids is 2. The van der Waals surface area contributed by atoms with Gasteiger partial charge in [-0.3, -0.25) is 9.59 Å². The van der Waals surface area contributed by atoms with Crippen molar-refractivity contribution in [2.45, 2.75) is 103 Å². The van der Waals surface area contributed by atoms with E-state index in [4.69, 9.17) is 24.0 Å². The van der Waals surface area contributed by atoms with Crippen molar-refractivity contribution in [2.24, 2.45) is 23.7 Å². The lowest BCUT2D eigenvalue weighted by Gasteiger charge is -2.59. The molecule has 6 rings (SSSR count). The molecule has 8 heteroatoms. The summed E-state index contributed by atoms with van der Waals surface area (Å²) in [5.74, 6) is -0.409. The number of fused-ring (bicyclic) bond motifs is 2. The van der Waals surface area contributed by atoms with Crippen molar-refractivity contribution >= 4 is 11.9 Å². The van der Waals surface area contributed by atoms with Crippen LogP contribution in [-0.4, -0.2) is 53.8 Å². The summed E-state index contributed by atoms with van der Waals surface area (Å²) < 4.78 is 18.4. The van der Waals surface area contributed by atoms with Gasteiger partial charge in [-0.2, -0.15) is 0 Å². The molecular formula is C24H37NO7. The molecule has 180 valence electrons. The largest absolute Gasteiger partial charge is 0.435 e. The van der Waals surface area contributed by atoms with Gasteiger partial charge < -0.3 is 19.1 Å². The number of nitrogens with zero attached hydrogens (tertiary/aromatic N) is 1. The van der Waals surface area contributed by atoms with Crippen LogP contribution < -0.4 is 0 Å². The maximum absolute atomic E-state index is 12.6. The van der Waals surface area contributed by atoms with Gasteiger partial charge in [-0.15, -0.1) is 0 Å². The summed E-state index contributed by atoms with van der Waals surface area (Å²) in [6.45, 7) is 7.79. The lowest BCUT2D eigenvalue weighted by atomic mass is 9.58. The van der Waals surface area contributed by atoms with E-state index in [0.717, 1.165) is 51.6 Å². The highest BCUT2D eigenvalue weighted by atomic mass is 17.3. The molecule has 0 unspecified atom stereocenters. The number of carbonyl (C=O) groups is 2. The first-order valence-corrected chi connectivity index (χ1v) is 12.5. The summed E-state index contributed by atoms with van der Waals surface area (Å²) in [5, 5.41) is 0. The predicted molar refractivity (Wildman–Crippen MR) is 113 cm³/mol. The van der Waals surface area contributed by atoms with Crippen LogP contribution in [0.5, 0.6) is 0 Å². The number of ether oxygens (including phenoxy) is 3. The Morgan fingerprint density at radius 3 is 2.56 bits per heavy atom. The Morgan fingerprint density at radius 1 is 1.00 bits per heavy atom. The highest BCUT2D eigenvalue weighted by Crippen LogP contribution is 2.60. The van der Waals surface area contributed by atoms with Crippen molar-refractivity contribution in [1.29, 1.82) is 0 Å². The molecule has 0 aromatic carbocycles. The number of amides is 1. The third kappa shape index (κ3) is 3.77. The second-order valence-corrected chi connectivity index (χ2v) is 10.7. The van der Waals surface area contributed by atoms with Crippen LogP contribution in [0.25, 0.3) is 0 Å². The van der Waals surface area contributed by atoms with E-state index in [9.17, 15) is 9.59 Å². The number of likely N-dealkylation sites (tertiary alicyclic amines) is 1. The Morgan fingerprint density at radius 2 is 1.78 bits per heavy atom. The fourth-order valence-corrected chi connectivity index (χ4v) is 6.71. The quantitative estimate of drug-likeness (QED) is 0.478. The molecule has 8 nitrogen and oxygen atoms in total. The van der Waals surface area contributed by atoms with E-state index >= 15 is 0 Å². The lowest BCUT2D eigenvalue weighted by Crippen LogP contribution is -2.70. The zero-order valence-electron chi connectivity index (χ0n) is 19.5. The summed E-state index contributed by atoms with van der Waals surface area (Å²) in [7, 11) is 0. The summed E-state index contributed by atoms with van der Waals surface area (Å²) in [4.78, 5) is 38.9. The first kappa shape index (κ1) is 22.6. The molecule has 6 fully saturated rings. The van der Waals surface area contributed by atoms with Crippen molar-refractivity contribution < 1.29 is 33.6 Å². The van der Waals surface area contributed by atoms with Crippen LogP contribution in [0.3, 0.4) is 0 Å². The van der Waals surface area contributed by atoms with Crippen LogP contribution in [0.4, 0.5) is 0 Å². The van der Waals surface area contributed by atoms with E-state index in [1.807, 2.05) is 11.8 Å². The minimum absolute atomic E-state index is 0.0326. The molecule has 5 saturated heterocycles. The van der Waals surface area contributed by atoms with Crippen LogP contribution in [0.2, 0.25) is 0 Å². The third-order valence-corrected chi connectivity index (χ3v) is 8.60. The Kier molecular flexibility index (Phi) is 6.01. The lowest BCUT2D eigenvalue weighted by molar-refractivity contribution is -0.576. The molecule has 1 aliphatic carbocycles. The predicted octanol–water partition coefficient (Wildman–Crippen LogP) is 3.53. The van der Waals surface area contributed by atoms with Gasteiger partial charge in [0.05, 0.1) is 6.42 Å². The molecule has 2 bridgehead atoms. The molecule has 1 saturated carbocycles. The first-order chi connectivity index (χ1) is 15.3. The summed E-state index contributed by atoms with van der Waals surface area (Å²) in [6.07, 6.45) is 5.90. The van der Waals surface area contributed by atoms with E-state index in [2.05, 4.69) is 13.8 Å². The van der Waals surface area contributed by atoms with E-state index in [1.54, 1.807) is 0 Å². The van der Waals surface area contributed by atoms with Crippen molar-refractivity contribution in [3.63, 3.8) is 0 Å². The SMILES string of the molecule is C[C@H]1[C@H](OC(=O)CCC(=O)N2CCCCC2)O[C@@H]2O[C@@]3(C)CC[C@H]4[C@H](C)CC[C@H]1[C@@]24OO3. The number of piperidine rings is 1. The average Bonchev–Trinajstić information content (AvgIpc) is 3.02. The van der Waals surface area contributed by atoms with Gasteiger partial charge >= 0.3 is 5.97 Å². The number of hydrogen-bond donors (Lipinski definition) is 0. The molecule has 0 N–H and O–H groups in total. The van der Waals surface area contributed by atoms with Gasteiger partial charge in [-0.25, -0.2) is 9.78 Å². The summed E-state index contributed by atoms with van der Waals surface area (Å²) in [5.41, 5.74) is -0.666. The van der Waals surface area contributed by atoms with Gasteiger partial charge in [0.2, 0.25) is 18.0 Å². The molecule has 32 heavy (non-hydrogen) atoms. The number of hydrogen-bond acceptors (Lipinski definition) is 7. The van der Waals surface area contributed by atoms with Crippen molar-refractivity contribution in [3.8, 4) is 0 Å². The first-order valence-electron chi connectivity index (χ1n) is 12.5. The normalized spacial score (nSPS) is 45.7. The van der Waals surface area contributed by atoms with Crippen molar-refractivity contribution in [2.75, 3.05) is 13.1 Å². The molecular weight excluding hydrogens is 414 g/mol. The molecule has 0 radical (unpaired) electrons. The van der Waals surface area contributed by atoms with Gasteiger partial charge in [0.1, 0.15) is 0 Å². The van der Waals surface area contributed by atoms with Gasteiger partial charge in [0.15, 0.2) is 11.9 Å². The summed E-state index contributed by atoms with van der Waals surface area (Å²) in [6, 6.07) is 0. The maximum atomic E-state index is 12.6. The fraction of sp³-hybridized carbons (Fsp3) is 0.917. The van der Waals surface area contributed by atoms with E-state index in [1.165, 1.54) is 6.42 Å². The Balaban J connectivity index is 1.26. The average molecular weight is 452 g/mol. The van der Waals surface area contributed by atoms with Gasteiger partial charge in [-0.05, 0) is 57.3 Å². The molecule has 0 aromatic rings. The van der Waals surface area contributed by atoms with Crippen LogP contribution in [-0.2, 0) is 33.6 Å². The van der Waals surface area contributed by atoms with Crippen LogP contribution in [0, 0.1) is 23.7 Å². The zero-order valence-corrected chi connectivity index (χ0v) is 19.5. The second kappa shape index (κ2) is 8.53. The monoisotopic (exact) mass is 451 g/mol. The van der Waals surface area contributed by atoms with Gasteiger partial charge in [-0.1, -0.05) is 13.8 Å². The minimum Gasteiger partial charge on any atom is -0.435 e. The van der Waals surface area contributed by atoms with Gasteiger partial charge in [0.25, 0.3) is 0 Å². The number of esters is 1. The fourth-order valence-electron chi connectivity index (χ4n) is 6.71. The topological polar surface area (TPSA) is 83.5 Å². The van der Waals surface area contributed by atoms with Crippen LogP contribution in [0.15, 0.2) is 0 Å². The Hall–Kier alpha value is -1.22. The van der Waals surface area contributed by atoms with Crippen LogP contribution in [0.1, 0.15) is 78.6 Å². The maximum Gasteiger partial charge on any atom is 0.308 e. The van der Waals surface area contributed by atoms with Crippen molar-refractivity contribution in [1.82, 2.24) is 4.90 Å². The Labute approximate surface area is 190 Å². The highest BCUT2D eigenvalue weighted by Gasteiger charge is 2.69. The van der Waals surface area contributed by atoms with Gasteiger partial charge in [0, 0.05) is 37.8 Å². The Bertz CT molecular complexity index is 740. The molecule has 5 aliphatic heterocycles. The smallest absolute Gasteiger partial charge is 0.308 e. The number of rotatable bonds is 4. The summed E-state index contributed by atoms with van der Waals surface area (Å²) >= 11 is 0. The second-order valence-electron chi connectivity index (χ2n) is 10.7. The zero-order chi connectivity index (χ0) is 22.5. The molecule has 1 amide bonds. The minimum atomic E-state index is -0.854. The van der Waals surface area contributed by atoms with Crippen molar-refractivity contribution in [3.05, 3.63) is 0 Å².